The van der Waals surface area contributed by atoms with Gasteiger partial charge in [0, 0.05) is 19.7 Å². The van der Waals surface area contributed by atoms with Gasteiger partial charge in [0.05, 0.1) is 12.1 Å². The summed E-state index contributed by atoms with van der Waals surface area (Å²) in [6.45, 7) is 4.86. The van der Waals surface area contributed by atoms with Gasteiger partial charge in [-0.3, -0.25) is 4.79 Å². The maximum atomic E-state index is 11.3. The van der Waals surface area contributed by atoms with E-state index in [1.54, 1.807) is 7.11 Å². The minimum absolute atomic E-state index is 0.0435. The van der Waals surface area contributed by atoms with Gasteiger partial charge in [0.1, 0.15) is 0 Å². The SMILES string of the molecule is COC(C)(C)CNC(=O)CNC1CC1. The van der Waals surface area contributed by atoms with E-state index in [1.807, 2.05) is 13.8 Å². The highest BCUT2D eigenvalue weighted by Crippen LogP contribution is 2.17. The third kappa shape index (κ3) is 4.58. The maximum Gasteiger partial charge on any atom is 0.234 e. The van der Waals surface area contributed by atoms with Crippen LogP contribution < -0.4 is 10.6 Å². The molecule has 1 aliphatic carbocycles. The van der Waals surface area contributed by atoms with E-state index in [4.69, 9.17) is 4.74 Å². The molecule has 0 aromatic rings. The molecule has 4 heteroatoms. The van der Waals surface area contributed by atoms with Gasteiger partial charge in [-0.2, -0.15) is 0 Å². The largest absolute Gasteiger partial charge is 0.377 e. The van der Waals surface area contributed by atoms with Crippen molar-refractivity contribution < 1.29 is 9.53 Å². The zero-order valence-electron chi connectivity index (χ0n) is 9.22. The first kappa shape index (κ1) is 11.5. The Morgan fingerprint density at radius 1 is 1.50 bits per heavy atom. The van der Waals surface area contributed by atoms with E-state index in [2.05, 4.69) is 10.6 Å². The Hall–Kier alpha value is -0.610. The first-order chi connectivity index (χ1) is 6.53. The number of ether oxygens (including phenoxy) is 1. The van der Waals surface area contributed by atoms with Crippen molar-refractivity contribution in [2.24, 2.45) is 0 Å². The summed E-state index contributed by atoms with van der Waals surface area (Å²) < 4.78 is 5.19. The van der Waals surface area contributed by atoms with Crippen LogP contribution in [0.3, 0.4) is 0 Å². The molecule has 1 saturated carbocycles. The summed E-state index contributed by atoms with van der Waals surface area (Å²) in [5.41, 5.74) is -0.282. The molecule has 0 heterocycles. The summed E-state index contributed by atoms with van der Waals surface area (Å²) in [4.78, 5) is 11.3. The number of carbonyl (C=O) groups excluding carboxylic acids is 1. The van der Waals surface area contributed by atoms with Gasteiger partial charge in [-0.25, -0.2) is 0 Å². The van der Waals surface area contributed by atoms with E-state index in [9.17, 15) is 4.79 Å². The molecular weight excluding hydrogens is 180 g/mol. The van der Waals surface area contributed by atoms with E-state index in [-0.39, 0.29) is 11.5 Å². The monoisotopic (exact) mass is 200 g/mol. The predicted molar refractivity (Wildman–Crippen MR) is 55.1 cm³/mol. The lowest BCUT2D eigenvalue weighted by molar-refractivity contribution is -0.121. The molecule has 1 amide bonds. The summed E-state index contributed by atoms with van der Waals surface area (Å²) in [7, 11) is 1.65. The van der Waals surface area contributed by atoms with Crippen LogP contribution in [0.15, 0.2) is 0 Å². The number of hydrogen-bond donors (Lipinski definition) is 2. The fourth-order valence-electron chi connectivity index (χ4n) is 0.971. The Bertz CT molecular complexity index is 200. The summed E-state index contributed by atoms with van der Waals surface area (Å²) in [5, 5.41) is 5.99. The average molecular weight is 200 g/mol. The number of rotatable bonds is 6. The van der Waals surface area contributed by atoms with Crippen LogP contribution in [-0.2, 0) is 9.53 Å². The van der Waals surface area contributed by atoms with Gasteiger partial charge in [0.25, 0.3) is 0 Å². The molecule has 0 aliphatic heterocycles. The van der Waals surface area contributed by atoms with Gasteiger partial charge in [-0.15, -0.1) is 0 Å². The maximum absolute atomic E-state index is 11.3. The molecule has 1 fully saturated rings. The van der Waals surface area contributed by atoms with Crippen LogP contribution in [0.25, 0.3) is 0 Å². The van der Waals surface area contributed by atoms with E-state index < -0.39 is 0 Å². The summed E-state index contributed by atoms with van der Waals surface area (Å²) in [6, 6.07) is 0.580. The molecule has 2 N–H and O–H groups in total. The van der Waals surface area contributed by atoms with Crippen LogP contribution in [-0.4, -0.2) is 37.7 Å². The standard InChI is InChI=1S/C10H20N2O2/c1-10(2,14-3)7-12-9(13)6-11-8-4-5-8/h8,11H,4-7H2,1-3H3,(H,12,13). The van der Waals surface area contributed by atoms with Crippen molar-refractivity contribution in [1.82, 2.24) is 10.6 Å². The summed E-state index contributed by atoms with van der Waals surface area (Å²) in [5.74, 6) is 0.0435. The lowest BCUT2D eigenvalue weighted by atomic mass is 10.1. The van der Waals surface area contributed by atoms with Crippen molar-refractivity contribution in [3.8, 4) is 0 Å². The zero-order valence-corrected chi connectivity index (χ0v) is 9.22. The Morgan fingerprint density at radius 3 is 2.64 bits per heavy atom. The third-order valence-electron chi connectivity index (χ3n) is 2.39. The Kier molecular flexibility index (Phi) is 3.89. The average Bonchev–Trinajstić information content (AvgIpc) is 2.95. The Labute approximate surface area is 85.4 Å². The van der Waals surface area contributed by atoms with Crippen LogP contribution in [0, 0.1) is 0 Å². The zero-order chi connectivity index (χ0) is 10.6. The molecule has 4 nitrogen and oxygen atoms in total. The van der Waals surface area contributed by atoms with Gasteiger partial charge in [-0.1, -0.05) is 0 Å². The van der Waals surface area contributed by atoms with Gasteiger partial charge in [-0.05, 0) is 26.7 Å². The Morgan fingerprint density at radius 2 is 2.14 bits per heavy atom. The lowest BCUT2D eigenvalue weighted by Crippen LogP contribution is -2.43. The molecule has 0 atom stereocenters. The number of nitrogens with one attached hydrogen (secondary N) is 2. The van der Waals surface area contributed by atoms with E-state index in [0.717, 1.165) is 0 Å². The lowest BCUT2D eigenvalue weighted by Gasteiger charge is -2.23. The predicted octanol–water partition coefficient (Wildman–Crippen LogP) is 0.280. The van der Waals surface area contributed by atoms with Gasteiger partial charge >= 0.3 is 0 Å². The number of methoxy groups -OCH3 is 1. The molecule has 1 aliphatic rings. The quantitative estimate of drug-likeness (QED) is 0.647. The minimum Gasteiger partial charge on any atom is -0.377 e. The van der Waals surface area contributed by atoms with E-state index >= 15 is 0 Å². The van der Waals surface area contributed by atoms with Crippen molar-refractivity contribution in [2.75, 3.05) is 20.2 Å². The molecule has 14 heavy (non-hydrogen) atoms. The van der Waals surface area contributed by atoms with Crippen LogP contribution in [0.1, 0.15) is 26.7 Å². The summed E-state index contributed by atoms with van der Waals surface area (Å²) in [6.07, 6.45) is 2.41. The fraction of sp³-hybridized carbons (Fsp3) is 0.900. The molecule has 0 spiro atoms. The highest BCUT2D eigenvalue weighted by Gasteiger charge is 2.22. The van der Waals surface area contributed by atoms with Gasteiger partial charge in [0.15, 0.2) is 0 Å². The van der Waals surface area contributed by atoms with E-state index in [0.29, 0.717) is 19.1 Å². The first-order valence-electron chi connectivity index (χ1n) is 5.09. The number of hydrogen-bond acceptors (Lipinski definition) is 3. The topological polar surface area (TPSA) is 50.4 Å². The third-order valence-corrected chi connectivity index (χ3v) is 2.39. The van der Waals surface area contributed by atoms with Crippen LogP contribution in [0.5, 0.6) is 0 Å². The molecule has 0 radical (unpaired) electrons. The molecule has 0 bridgehead atoms. The van der Waals surface area contributed by atoms with Crippen molar-refractivity contribution in [2.45, 2.75) is 38.3 Å². The van der Waals surface area contributed by atoms with Crippen LogP contribution >= 0.6 is 0 Å². The van der Waals surface area contributed by atoms with Crippen molar-refractivity contribution in [1.29, 1.82) is 0 Å². The highest BCUT2D eigenvalue weighted by atomic mass is 16.5. The molecule has 0 unspecified atom stereocenters. The molecule has 82 valence electrons. The number of amides is 1. The Balaban J connectivity index is 2.07. The highest BCUT2D eigenvalue weighted by molar-refractivity contribution is 5.78. The molecule has 0 aromatic carbocycles. The van der Waals surface area contributed by atoms with Crippen LogP contribution in [0.4, 0.5) is 0 Å². The molecule has 0 saturated heterocycles. The normalized spacial score (nSPS) is 16.8. The van der Waals surface area contributed by atoms with Crippen LogP contribution in [0.2, 0.25) is 0 Å². The van der Waals surface area contributed by atoms with Crippen molar-refractivity contribution in [3.05, 3.63) is 0 Å². The minimum atomic E-state index is -0.282. The van der Waals surface area contributed by atoms with Crippen molar-refractivity contribution in [3.63, 3.8) is 0 Å². The fourth-order valence-corrected chi connectivity index (χ4v) is 0.971. The second kappa shape index (κ2) is 4.75. The molecule has 1 rings (SSSR count). The first-order valence-corrected chi connectivity index (χ1v) is 5.09. The summed E-state index contributed by atoms with van der Waals surface area (Å²) >= 11 is 0. The number of carbonyl (C=O) groups is 1. The van der Waals surface area contributed by atoms with Crippen molar-refractivity contribution >= 4 is 5.91 Å². The molecular formula is C10H20N2O2. The molecule has 0 aromatic heterocycles. The smallest absolute Gasteiger partial charge is 0.234 e. The van der Waals surface area contributed by atoms with Gasteiger partial charge < -0.3 is 15.4 Å². The van der Waals surface area contributed by atoms with Gasteiger partial charge in [0.2, 0.25) is 5.91 Å². The second-order valence-corrected chi connectivity index (χ2v) is 4.40. The second-order valence-electron chi connectivity index (χ2n) is 4.40. The van der Waals surface area contributed by atoms with E-state index in [1.165, 1.54) is 12.8 Å².